The van der Waals surface area contributed by atoms with Crippen molar-refractivity contribution >= 4 is 28.4 Å². The number of rotatable bonds is 7. The van der Waals surface area contributed by atoms with Crippen molar-refractivity contribution in [3.05, 3.63) is 114 Å². The second-order valence-electron chi connectivity index (χ2n) is 10.7. The van der Waals surface area contributed by atoms with Gasteiger partial charge in [0.15, 0.2) is 0 Å². The van der Waals surface area contributed by atoms with E-state index in [-0.39, 0.29) is 17.4 Å². The summed E-state index contributed by atoms with van der Waals surface area (Å²) in [6, 6.07) is 20.4. The Bertz CT molecular complexity index is 1820. The number of amides is 2. The molecule has 1 aliphatic rings. The van der Waals surface area contributed by atoms with E-state index < -0.39 is 17.6 Å². The van der Waals surface area contributed by atoms with Gasteiger partial charge in [0.25, 0.3) is 11.8 Å². The Labute approximate surface area is 256 Å². The van der Waals surface area contributed by atoms with Gasteiger partial charge < -0.3 is 19.5 Å². The lowest BCUT2D eigenvalue weighted by molar-refractivity contribution is -0.137. The predicted octanol–water partition coefficient (Wildman–Crippen LogP) is 5.99. The van der Waals surface area contributed by atoms with Crippen LogP contribution in [0, 0.1) is 0 Å². The molecule has 0 atom stereocenters. The quantitative estimate of drug-likeness (QED) is 0.242. The number of carbonyl (C=O) groups is 2. The van der Waals surface area contributed by atoms with Crippen molar-refractivity contribution in [2.24, 2.45) is 7.05 Å². The topological polar surface area (TPSA) is 92.6 Å². The zero-order valence-corrected chi connectivity index (χ0v) is 24.3. The molecule has 6 rings (SSSR count). The van der Waals surface area contributed by atoms with Gasteiger partial charge in [-0.15, -0.1) is 0 Å². The van der Waals surface area contributed by atoms with Crippen molar-refractivity contribution in [3.63, 3.8) is 0 Å². The second-order valence-corrected chi connectivity index (χ2v) is 10.7. The van der Waals surface area contributed by atoms with Gasteiger partial charge in [0, 0.05) is 69.1 Å². The van der Waals surface area contributed by atoms with Gasteiger partial charge in [-0.3, -0.25) is 19.5 Å². The normalized spacial score (nSPS) is 14.0. The summed E-state index contributed by atoms with van der Waals surface area (Å²) in [6.45, 7) is 3.57. The van der Waals surface area contributed by atoms with Gasteiger partial charge in [-0.05, 0) is 60.7 Å². The molecule has 2 amide bonds. The van der Waals surface area contributed by atoms with E-state index in [0.29, 0.717) is 30.2 Å². The molecule has 45 heavy (non-hydrogen) atoms. The average molecular weight is 615 g/mol. The van der Waals surface area contributed by atoms with Crippen LogP contribution in [0.25, 0.3) is 10.9 Å². The van der Waals surface area contributed by atoms with Gasteiger partial charge in [-0.1, -0.05) is 6.07 Å². The first-order valence-electron chi connectivity index (χ1n) is 14.3. The number of ether oxygens (including phenoxy) is 1. The van der Waals surface area contributed by atoms with Crippen LogP contribution in [0.15, 0.2) is 91.3 Å². The first-order chi connectivity index (χ1) is 21.6. The minimum Gasteiger partial charge on any atom is -0.439 e. The maximum atomic E-state index is 13.4. The van der Waals surface area contributed by atoms with E-state index in [4.69, 9.17) is 4.74 Å². The number of fused-ring (bicyclic) bond motifs is 1. The third-order valence-corrected chi connectivity index (χ3v) is 7.70. The SMILES string of the molecule is Cn1c(C(=O)N2CCN(Cc3ccccn3)CC2)cc2ccc(Oc3ccc(NC(=O)c4ccc(C(F)(F)F)cc4)cn3)cc21. The highest BCUT2D eigenvalue weighted by molar-refractivity contribution is 6.04. The molecule has 0 aliphatic carbocycles. The Morgan fingerprint density at radius 1 is 0.911 bits per heavy atom. The lowest BCUT2D eigenvalue weighted by Crippen LogP contribution is -2.48. The fourth-order valence-electron chi connectivity index (χ4n) is 5.22. The summed E-state index contributed by atoms with van der Waals surface area (Å²) in [7, 11) is 1.85. The summed E-state index contributed by atoms with van der Waals surface area (Å²) in [6.07, 6.45) is -1.29. The number of carbonyl (C=O) groups excluding carboxylic acids is 2. The van der Waals surface area contributed by atoms with Gasteiger partial charge in [-0.2, -0.15) is 13.2 Å². The predicted molar refractivity (Wildman–Crippen MR) is 162 cm³/mol. The van der Waals surface area contributed by atoms with E-state index in [0.717, 1.165) is 60.5 Å². The monoisotopic (exact) mass is 614 g/mol. The smallest absolute Gasteiger partial charge is 0.416 e. The summed E-state index contributed by atoms with van der Waals surface area (Å²) in [5, 5.41) is 3.51. The van der Waals surface area contributed by atoms with Gasteiger partial charge in [0.05, 0.1) is 28.7 Å². The van der Waals surface area contributed by atoms with E-state index >= 15 is 0 Å². The number of hydrogen-bond acceptors (Lipinski definition) is 6. The van der Waals surface area contributed by atoms with Gasteiger partial charge in [0.2, 0.25) is 5.88 Å². The number of pyridine rings is 2. The molecule has 1 N–H and O–H groups in total. The Balaban J connectivity index is 1.07. The van der Waals surface area contributed by atoms with Crippen molar-refractivity contribution in [1.29, 1.82) is 0 Å². The number of halogens is 3. The number of nitrogens with one attached hydrogen (secondary N) is 1. The number of aryl methyl sites for hydroxylation is 1. The number of aromatic nitrogens is 3. The van der Waals surface area contributed by atoms with Crippen LogP contribution in [-0.2, 0) is 19.8 Å². The Hall–Kier alpha value is -5.23. The molecule has 1 aliphatic heterocycles. The van der Waals surface area contributed by atoms with Crippen molar-refractivity contribution < 1.29 is 27.5 Å². The summed E-state index contributed by atoms with van der Waals surface area (Å²) in [4.78, 5) is 38.7. The summed E-state index contributed by atoms with van der Waals surface area (Å²) in [5.41, 5.74) is 2.03. The zero-order chi connectivity index (χ0) is 31.6. The molecule has 0 bridgehead atoms. The summed E-state index contributed by atoms with van der Waals surface area (Å²) < 4.78 is 46.1. The summed E-state index contributed by atoms with van der Waals surface area (Å²) >= 11 is 0. The zero-order valence-electron chi connectivity index (χ0n) is 24.3. The number of nitrogens with zero attached hydrogens (tertiary/aromatic N) is 5. The van der Waals surface area contributed by atoms with Gasteiger partial charge in [-0.25, -0.2) is 4.98 Å². The molecule has 0 saturated carbocycles. The largest absolute Gasteiger partial charge is 0.439 e. The molecule has 2 aromatic carbocycles. The van der Waals surface area contributed by atoms with Gasteiger partial charge in [0.1, 0.15) is 11.4 Å². The molecule has 5 aromatic rings. The molecular weight excluding hydrogens is 585 g/mol. The van der Waals surface area contributed by atoms with Crippen molar-refractivity contribution in [2.45, 2.75) is 12.7 Å². The Kier molecular flexibility index (Phi) is 8.22. The Morgan fingerprint density at radius 2 is 1.69 bits per heavy atom. The average Bonchev–Trinajstić information content (AvgIpc) is 3.37. The minimum absolute atomic E-state index is 0.0238. The fraction of sp³-hybridized carbons (Fsp3) is 0.212. The molecule has 9 nitrogen and oxygen atoms in total. The molecule has 1 saturated heterocycles. The van der Waals surface area contributed by atoms with Crippen LogP contribution < -0.4 is 10.1 Å². The molecule has 230 valence electrons. The van der Waals surface area contributed by atoms with Crippen molar-refractivity contribution in [1.82, 2.24) is 24.3 Å². The minimum atomic E-state index is -4.48. The molecule has 0 radical (unpaired) electrons. The van der Waals surface area contributed by atoms with E-state index in [1.54, 1.807) is 24.4 Å². The highest BCUT2D eigenvalue weighted by Gasteiger charge is 2.30. The molecule has 1 fully saturated rings. The van der Waals surface area contributed by atoms with Gasteiger partial charge >= 0.3 is 6.18 Å². The van der Waals surface area contributed by atoms with Crippen LogP contribution in [0.4, 0.5) is 18.9 Å². The first-order valence-corrected chi connectivity index (χ1v) is 14.3. The molecule has 4 heterocycles. The number of piperazine rings is 1. The third kappa shape index (κ3) is 6.80. The number of anilines is 1. The lowest BCUT2D eigenvalue weighted by Gasteiger charge is -2.34. The Morgan fingerprint density at radius 3 is 2.36 bits per heavy atom. The van der Waals surface area contributed by atoms with Crippen LogP contribution in [-0.4, -0.2) is 62.3 Å². The van der Waals surface area contributed by atoms with E-state index in [2.05, 4.69) is 20.2 Å². The number of benzene rings is 2. The van der Waals surface area contributed by atoms with Crippen LogP contribution in [0.5, 0.6) is 11.6 Å². The molecule has 0 spiro atoms. The van der Waals surface area contributed by atoms with E-state index in [9.17, 15) is 22.8 Å². The highest BCUT2D eigenvalue weighted by atomic mass is 19.4. The molecule has 12 heteroatoms. The van der Waals surface area contributed by atoms with Crippen molar-refractivity contribution in [3.8, 4) is 11.6 Å². The molecular formula is C33H29F3N6O3. The number of alkyl halides is 3. The lowest BCUT2D eigenvalue weighted by atomic mass is 10.1. The van der Waals surface area contributed by atoms with Crippen LogP contribution in [0.3, 0.4) is 0 Å². The molecule has 0 unspecified atom stereocenters. The standard InChI is InChI=1S/C33H29F3N6O3/c1-40-28-19-27(45-30-12-10-25(20-38-30)39-31(43)22-5-8-24(9-6-22)33(34,35)36)11-7-23(28)18-29(40)32(44)42-16-14-41(15-17-42)21-26-4-2-3-13-37-26/h2-13,18-20H,14-17,21H2,1H3,(H,39,43). The second kappa shape index (κ2) is 12.4. The van der Waals surface area contributed by atoms with Crippen molar-refractivity contribution in [2.75, 3.05) is 31.5 Å². The number of hydrogen-bond donors (Lipinski definition) is 1. The maximum absolute atomic E-state index is 13.4. The van der Waals surface area contributed by atoms with E-state index in [1.807, 2.05) is 52.9 Å². The van der Waals surface area contributed by atoms with E-state index in [1.165, 1.54) is 6.20 Å². The summed E-state index contributed by atoms with van der Waals surface area (Å²) in [5.74, 6) is 0.199. The van der Waals surface area contributed by atoms with Crippen LogP contribution >= 0.6 is 0 Å². The van der Waals surface area contributed by atoms with Crippen LogP contribution in [0.1, 0.15) is 32.1 Å². The maximum Gasteiger partial charge on any atom is 0.416 e. The van der Waals surface area contributed by atoms with Crippen LogP contribution in [0.2, 0.25) is 0 Å². The fourth-order valence-corrected chi connectivity index (χ4v) is 5.22. The first kappa shape index (κ1) is 29.8. The third-order valence-electron chi connectivity index (χ3n) is 7.70. The highest BCUT2D eigenvalue weighted by Crippen LogP contribution is 2.30. The molecule has 3 aromatic heterocycles.